The summed E-state index contributed by atoms with van der Waals surface area (Å²) in [4.78, 5) is 14.1. The molecule has 3 heteroatoms. The lowest BCUT2D eigenvalue weighted by Crippen LogP contribution is -2.35. The molecule has 0 saturated carbocycles. The molecule has 1 N–H and O–H groups in total. The molecule has 2 aromatic rings. The van der Waals surface area contributed by atoms with Gasteiger partial charge < -0.3 is 10.0 Å². The van der Waals surface area contributed by atoms with Crippen LogP contribution in [0.5, 0.6) is 0 Å². The summed E-state index contributed by atoms with van der Waals surface area (Å²) in [5.74, 6) is -0.103. The van der Waals surface area contributed by atoms with Gasteiger partial charge in [0.05, 0.1) is 12.6 Å². The second-order valence-corrected chi connectivity index (χ2v) is 5.06. The molecule has 0 aromatic heterocycles. The van der Waals surface area contributed by atoms with Crippen molar-refractivity contribution in [2.75, 3.05) is 6.61 Å². The van der Waals surface area contributed by atoms with E-state index in [9.17, 15) is 9.90 Å². The zero-order chi connectivity index (χ0) is 15.8. The summed E-state index contributed by atoms with van der Waals surface area (Å²) in [5.41, 5.74) is 1.97. The highest BCUT2D eigenvalue weighted by atomic mass is 16.3. The summed E-state index contributed by atoms with van der Waals surface area (Å²) in [6, 6.07) is 19.1. The van der Waals surface area contributed by atoms with Crippen molar-refractivity contribution >= 4 is 5.91 Å². The van der Waals surface area contributed by atoms with Gasteiger partial charge in [0.2, 0.25) is 5.91 Å². The molecule has 0 aliphatic heterocycles. The Labute approximate surface area is 131 Å². The lowest BCUT2D eigenvalue weighted by atomic mass is 10.0. The molecule has 0 fully saturated rings. The molecular formula is C19H21NO2. The number of rotatable bonds is 6. The number of aliphatic hydroxyl groups excluding tert-OH is 1. The van der Waals surface area contributed by atoms with Crippen LogP contribution in [0.4, 0.5) is 0 Å². The Bertz CT molecular complexity index is 608. The highest BCUT2D eigenvalue weighted by molar-refractivity contribution is 5.87. The maximum atomic E-state index is 12.4. The van der Waals surface area contributed by atoms with Crippen molar-refractivity contribution in [2.24, 2.45) is 0 Å². The van der Waals surface area contributed by atoms with Crippen molar-refractivity contribution < 1.29 is 9.90 Å². The van der Waals surface area contributed by atoms with Crippen LogP contribution in [0.1, 0.15) is 24.1 Å². The predicted molar refractivity (Wildman–Crippen MR) is 88.1 cm³/mol. The average molecular weight is 295 g/mol. The number of carbonyl (C=O) groups is 1. The predicted octanol–water partition coefficient (Wildman–Crippen LogP) is 3.32. The molecule has 2 rings (SSSR count). The van der Waals surface area contributed by atoms with Crippen molar-refractivity contribution in [3.05, 3.63) is 83.9 Å². The fraction of sp³-hybridized carbons (Fsp3) is 0.211. The molecule has 0 heterocycles. The zero-order valence-corrected chi connectivity index (χ0v) is 12.7. The summed E-state index contributed by atoms with van der Waals surface area (Å²) in [6.07, 6.45) is 3.26. The van der Waals surface area contributed by atoms with Crippen LogP contribution < -0.4 is 0 Å². The van der Waals surface area contributed by atoms with E-state index in [1.807, 2.05) is 67.6 Å². The summed E-state index contributed by atoms with van der Waals surface area (Å²) >= 11 is 0. The number of benzene rings is 2. The number of hydrogen-bond acceptors (Lipinski definition) is 2. The van der Waals surface area contributed by atoms with E-state index in [-0.39, 0.29) is 18.6 Å². The number of hydrogen-bond donors (Lipinski definition) is 1. The van der Waals surface area contributed by atoms with Crippen LogP contribution in [-0.4, -0.2) is 22.5 Å². The topological polar surface area (TPSA) is 40.5 Å². The van der Waals surface area contributed by atoms with E-state index in [1.54, 1.807) is 11.0 Å². The Morgan fingerprint density at radius 1 is 1.09 bits per heavy atom. The third-order valence-corrected chi connectivity index (χ3v) is 3.52. The second kappa shape index (κ2) is 8.15. The number of amides is 1. The smallest absolute Gasteiger partial charge is 0.247 e. The van der Waals surface area contributed by atoms with E-state index in [0.29, 0.717) is 6.54 Å². The van der Waals surface area contributed by atoms with E-state index >= 15 is 0 Å². The van der Waals surface area contributed by atoms with Crippen LogP contribution in [0.3, 0.4) is 0 Å². The molecule has 0 bridgehead atoms. The molecule has 1 amide bonds. The lowest BCUT2D eigenvalue weighted by Gasteiger charge is -2.30. The highest BCUT2D eigenvalue weighted by Crippen LogP contribution is 2.23. The van der Waals surface area contributed by atoms with Crippen molar-refractivity contribution in [1.82, 2.24) is 4.90 Å². The first-order valence-electron chi connectivity index (χ1n) is 7.39. The first-order valence-corrected chi connectivity index (χ1v) is 7.39. The Kier molecular flexibility index (Phi) is 5.92. The summed E-state index contributed by atoms with van der Waals surface area (Å²) < 4.78 is 0. The largest absolute Gasteiger partial charge is 0.394 e. The monoisotopic (exact) mass is 295 g/mol. The molecule has 1 atom stereocenters. The standard InChI is InChI=1S/C19H21NO2/c1-2-9-19(22)20(14-16-10-5-3-6-11-16)18(15-21)17-12-7-4-8-13-17/h2-13,18,21H,14-15H2,1H3/b9-2+. The first-order chi connectivity index (χ1) is 10.8. The van der Waals surface area contributed by atoms with Gasteiger partial charge in [0.15, 0.2) is 0 Å². The fourth-order valence-electron chi connectivity index (χ4n) is 2.42. The van der Waals surface area contributed by atoms with Crippen LogP contribution >= 0.6 is 0 Å². The summed E-state index contributed by atoms with van der Waals surface area (Å²) in [7, 11) is 0. The fourth-order valence-corrected chi connectivity index (χ4v) is 2.42. The van der Waals surface area contributed by atoms with Gasteiger partial charge in [-0.2, -0.15) is 0 Å². The molecule has 114 valence electrons. The molecule has 2 aromatic carbocycles. The van der Waals surface area contributed by atoms with Gasteiger partial charge in [-0.1, -0.05) is 66.7 Å². The van der Waals surface area contributed by atoms with Crippen LogP contribution in [0.25, 0.3) is 0 Å². The van der Waals surface area contributed by atoms with Gasteiger partial charge in [-0.05, 0) is 24.1 Å². The molecule has 1 unspecified atom stereocenters. The second-order valence-electron chi connectivity index (χ2n) is 5.06. The molecule has 0 radical (unpaired) electrons. The van der Waals surface area contributed by atoms with Crippen LogP contribution in [0.15, 0.2) is 72.8 Å². The van der Waals surface area contributed by atoms with Gasteiger partial charge in [-0.3, -0.25) is 4.79 Å². The van der Waals surface area contributed by atoms with Crippen LogP contribution in [0.2, 0.25) is 0 Å². The third kappa shape index (κ3) is 4.06. The van der Waals surface area contributed by atoms with Crippen LogP contribution in [-0.2, 0) is 11.3 Å². The first kappa shape index (κ1) is 16.0. The van der Waals surface area contributed by atoms with E-state index in [4.69, 9.17) is 0 Å². The minimum atomic E-state index is -0.356. The quantitative estimate of drug-likeness (QED) is 0.830. The Hall–Kier alpha value is -2.39. The Morgan fingerprint density at radius 2 is 1.68 bits per heavy atom. The molecular weight excluding hydrogens is 274 g/mol. The minimum Gasteiger partial charge on any atom is -0.394 e. The third-order valence-electron chi connectivity index (χ3n) is 3.52. The Morgan fingerprint density at radius 3 is 2.23 bits per heavy atom. The van der Waals surface area contributed by atoms with Crippen molar-refractivity contribution in [1.29, 1.82) is 0 Å². The van der Waals surface area contributed by atoms with E-state index in [2.05, 4.69) is 0 Å². The van der Waals surface area contributed by atoms with Crippen molar-refractivity contribution in [3.63, 3.8) is 0 Å². The number of allylic oxidation sites excluding steroid dienone is 1. The lowest BCUT2D eigenvalue weighted by molar-refractivity contribution is -0.130. The molecule has 0 aliphatic rings. The maximum Gasteiger partial charge on any atom is 0.247 e. The van der Waals surface area contributed by atoms with Crippen LogP contribution in [0, 0.1) is 0 Å². The van der Waals surface area contributed by atoms with Gasteiger partial charge >= 0.3 is 0 Å². The number of carbonyl (C=O) groups excluding carboxylic acids is 1. The van der Waals surface area contributed by atoms with Crippen molar-refractivity contribution in [3.8, 4) is 0 Å². The zero-order valence-electron chi connectivity index (χ0n) is 12.7. The summed E-state index contributed by atoms with van der Waals surface area (Å²) in [5, 5.41) is 9.83. The highest BCUT2D eigenvalue weighted by Gasteiger charge is 2.23. The molecule has 0 aliphatic carbocycles. The molecule has 0 saturated heterocycles. The molecule has 0 spiro atoms. The molecule has 3 nitrogen and oxygen atoms in total. The van der Waals surface area contributed by atoms with Gasteiger partial charge in [0.1, 0.15) is 0 Å². The van der Waals surface area contributed by atoms with E-state index < -0.39 is 0 Å². The van der Waals surface area contributed by atoms with E-state index in [1.165, 1.54) is 6.08 Å². The SMILES string of the molecule is C/C=C/C(=O)N(Cc1ccccc1)C(CO)c1ccccc1. The normalized spacial score (nSPS) is 12.3. The van der Waals surface area contributed by atoms with Gasteiger partial charge in [0, 0.05) is 6.54 Å². The summed E-state index contributed by atoms with van der Waals surface area (Å²) in [6.45, 7) is 2.17. The number of aliphatic hydroxyl groups is 1. The van der Waals surface area contributed by atoms with Gasteiger partial charge in [0.25, 0.3) is 0 Å². The van der Waals surface area contributed by atoms with Gasteiger partial charge in [-0.25, -0.2) is 0 Å². The maximum absolute atomic E-state index is 12.4. The minimum absolute atomic E-state index is 0.103. The number of nitrogens with zero attached hydrogens (tertiary/aromatic N) is 1. The molecule has 22 heavy (non-hydrogen) atoms. The van der Waals surface area contributed by atoms with E-state index in [0.717, 1.165) is 11.1 Å². The van der Waals surface area contributed by atoms with Gasteiger partial charge in [-0.15, -0.1) is 0 Å². The van der Waals surface area contributed by atoms with Crippen molar-refractivity contribution in [2.45, 2.75) is 19.5 Å². The average Bonchev–Trinajstić information content (AvgIpc) is 2.57. The Balaban J connectivity index is 2.32.